The van der Waals surface area contributed by atoms with Crippen molar-refractivity contribution >= 4 is 21.2 Å². The van der Waals surface area contributed by atoms with Crippen molar-refractivity contribution < 1.29 is 22.6 Å². The van der Waals surface area contributed by atoms with Gasteiger partial charge in [-0.25, -0.2) is 18.4 Å². The smallest absolute Gasteiger partial charge is 0.243 e. The van der Waals surface area contributed by atoms with E-state index in [0.717, 1.165) is 17.0 Å². The Balaban J connectivity index is 1.57. The van der Waals surface area contributed by atoms with Gasteiger partial charge < -0.3 is 18.8 Å². The first-order valence-electron chi connectivity index (χ1n) is 10.0. The quantitative estimate of drug-likeness (QED) is 0.550. The van der Waals surface area contributed by atoms with E-state index in [1.165, 1.54) is 24.6 Å². The SMILES string of the molecule is COCc1nc2cccnc2n1C1CCN(S(=O)(=O)c2ccc(OC)c(OC)c2)CC1. The summed E-state index contributed by atoms with van der Waals surface area (Å²) in [6.45, 7) is 1.18. The van der Waals surface area contributed by atoms with Gasteiger partial charge in [0.15, 0.2) is 17.1 Å². The maximum atomic E-state index is 13.2. The molecular weight excluding hydrogens is 420 g/mol. The third-order valence-corrected chi connectivity index (χ3v) is 7.47. The third kappa shape index (κ3) is 3.98. The van der Waals surface area contributed by atoms with Gasteiger partial charge in [-0.15, -0.1) is 0 Å². The maximum Gasteiger partial charge on any atom is 0.243 e. The Morgan fingerprint density at radius 3 is 2.48 bits per heavy atom. The number of methoxy groups -OCH3 is 3. The van der Waals surface area contributed by atoms with Crippen LogP contribution >= 0.6 is 0 Å². The molecule has 3 aromatic rings. The molecular formula is C21H26N4O5S. The van der Waals surface area contributed by atoms with Crippen LogP contribution in [0.5, 0.6) is 11.5 Å². The summed E-state index contributed by atoms with van der Waals surface area (Å²) >= 11 is 0. The normalized spacial score (nSPS) is 16.0. The van der Waals surface area contributed by atoms with Crippen LogP contribution in [0.2, 0.25) is 0 Å². The van der Waals surface area contributed by atoms with Gasteiger partial charge in [0.05, 0.1) is 19.1 Å². The molecule has 1 fully saturated rings. The average molecular weight is 447 g/mol. The van der Waals surface area contributed by atoms with E-state index in [-0.39, 0.29) is 10.9 Å². The number of hydrogen-bond donors (Lipinski definition) is 0. The fourth-order valence-corrected chi connectivity index (χ4v) is 5.54. The Bertz CT molecular complexity index is 1170. The van der Waals surface area contributed by atoms with Gasteiger partial charge in [-0.05, 0) is 37.1 Å². The van der Waals surface area contributed by atoms with Crippen LogP contribution in [0, 0.1) is 0 Å². The van der Waals surface area contributed by atoms with E-state index >= 15 is 0 Å². The number of hydrogen-bond acceptors (Lipinski definition) is 7. The van der Waals surface area contributed by atoms with Gasteiger partial charge >= 0.3 is 0 Å². The third-order valence-electron chi connectivity index (χ3n) is 5.58. The standard InChI is InChI=1S/C21H26N4O5S/c1-28-14-20-23-17-5-4-10-22-21(17)25(20)15-8-11-24(12-9-15)31(26,27)16-6-7-18(29-2)19(13-16)30-3/h4-7,10,13,15H,8-9,11-12,14H2,1-3H3. The first kappa shape index (κ1) is 21.5. The summed E-state index contributed by atoms with van der Waals surface area (Å²) in [5, 5.41) is 0. The highest BCUT2D eigenvalue weighted by atomic mass is 32.2. The molecule has 0 amide bonds. The molecule has 0 aliphatic carbocycles. The molecule has 0 bridgehead atoms. The molecule has 3 heterocycles. The van der Waals surface area contributed by atoms with Crippen LogP contribution in [0.15, 0.2) is 41.4 Å². The van der Waals surface area contributed by atoms with Crippen molar-refractivity contribution in [1.29, 1.82) is 0 Å². The van der Waals surface area contributed by atoms with Crippen molar-refractivity contribution in [3.8, 4) is 11.5 Å². The fourth-order valence-electron chi connectivity index (χ4n) is 4.06. The van der Waals surface area contributed by atoms with E-state index in [1.807, 2.05) is 12.1 Å². The summed E-state index contributed by atoms with van der Waals surface area (Å²) in [5.74, 6) is 1.68. The van der Waals surface area contributed by atoms with Gasteiger partial charge in [0.25, 0.3) is 0 Å². The summed E-state index contributed by atoms with van der Waals surface area (Å²) in [6, 6.07) is 8.54. The summed E-state index contributed by atoms with van der Waals surface area (Å²) < 4.78 is 45.8. The number of aromatic nitrogens is 3. The second-order valence-electron chi connectivity index (χ2n) is 7.33. The van der Waals surface area contributed by atoms with Gasteiger partial charge in [-0.3, -0.25) is 0 Å². The van der Waals surface area contributed by atoms with E-state index in [1.54, 1.807) is 25.4 Å². The molecule has 1 aliphatic heterocycles. The average Bonchev–Trinajstić information content (AvgIpc) is 3.16. The number of nitrogens with zero attached hydrogens (tertiary/aromatic N) is 4. The lowest BCUT2D eigenvalue weighted by atomic mass is 10.1. The molecule has 166 valence electrons. The van der Waals surface area contributed by atoms with E-state index in [0.29, 0.717) is 44.0 Å². The van der Waals surface area contributed by atoms with Gasteiger partial charge in [0.1, 0.15) is 17.9 Å². The zero-order valence-corrected chi connectivity index (χ0v) is 18.6. The highest BCUT2D eigenvalue weighted by molar-refractivity contribution is 7.89. The van der Waals surface area contributed by atoms with Crippen LogP contribution in [-0.4, -0.2) is 61.7 Å². The first-order chi connectivity index (χ1) is 15.0. The number of piperidine rings is 1. The Labute approximate surface area is 181 Å². The summed E-state index contributed by atoms with van der Waals surface area (Å²) in [4.78, 5) is 9.34. The molecule has 0 unspecified atom stereocenters. The molecule has 0 atom stereocenters. The lowest BCUT2D eigenvalue weighted by Crippen LogP contribution is -2.39. The zero-order chi connectivity index (χ0) is 22.0. The second kappa shape index (κ2) is 8.81. The molecule has 0 radical (unpaired) electrons. The van der Waals surface area contributed by atoms with Crippen LogP contribution < -0.4 is 9.47 Å². The first-order valence-corrected chi connectivity index (χ1v) is 11.5. The molecule has 4 rings (SSSR count). The number of rotatable bonds is 7. The van der Waals surface area contributed by atoms with Gasteiger partial charge in [-0.1, -0.05) is 0 Å². The Hall–Kier alpha value is -2.69. The lowest BCUT2D eigenvalue weighted by Gasteiger charge is -2.32. The predicted octanol–water partition coefficient (Wildman–Crippen LogP) is 2.62. The molecule has 0 saturated carbocycles. The van der Waals surface area contributed by atoms with Crippen LogP contribution in [0.3, 0.4) is 0 Å². The van der Waals surface area contributed by atoms with Crippen LogP contribution in [0.25, 0.3) is 11.2 Å². The van der Waals surface area contributed by atoms with Crippen LogP contribution in [0.1, 0.15) is 24.7 Å². The minimum absolute atomic E-state index is 0.0990. The van der Waals surface area contributed by atoms with E-state index < -0.39 is 10.0 Å². The molecule has 31 heavy (non-hydrogen) atoms. The van der Waals surface area contributed by atoms with Gasteiger partial charge in [-0.2, -0.15) is 4.31 Å². The van der Waals surface area contributed by atoms with Gasteiger partial charge in [0, 0.05) is 38.5 Å². The molecule has 1 aliphatic rings. The number of pyridine rings is 1. The number of imidazole rings is 1. The second-order valence-corrected chi connectivity index (χ2v) is 9.27. The number of fused-ring (bicyclic) bond motifs is 1. The van der Waals surface area contributed by atoms with Crippen molar-refractivity contribution in [3.63, 3.8) is 0 Å². The largest absolute Gasteiger partial charge is 0.493 e. The minimum Gasteiger partial charge on any atom is -0.493 e. The fraction of sp³-hybridized carbons (Fsp3) is 0.429. The monoisotopic (exact) mass is 446 g/mol. The lowest BCUT2D eigenvalue weighted by molar-refractivity contribution is 0.168. The molecule has 9 nitrogen and oxygen atoms in total. The Morgan fingerprint density at radius 2 is 1.81 bits per heavy atom. The van der Waals surface area contributed by atoms with E-state index in [4.69, 9.17) is 14.2 Å². The van der Waals surface area contributed by atoms with Gasteiger partial charge in [0.2, 0.25) is 10.0 Å². The van der Waals surface area contributed by atoms with Crippen LogP contribution in [-0.2, 0) is 21.4 Å². The predicted molar refractivity (Wildman–Crippen MR) is 115 cm³/mol. The topological polar surface area (TPSA) is 95.8 Å². The molecule has 10 heteroatoms. The van der Waals surface area contributed by atoms with E-state index in [2.05, 4.69) is 14.5 Å². The maximum absolute atomic E-state index is 13.2. The summed E-state index contributed by atoms with van der Waals surface area (Å²) in [5.41, 5.74) is 1.62. The summed E-state index contributed by atoms with van der Waals surface area (Å²) in [6.07, 6.45) is 3.06. The number of ether oxygens (including phenoxy) is 3. The number of benzene rings is 1. The minimum atomic E-state index is -3.64. The zero-order valence-electron chi connectivity index (χ0n) is 17.8. The highest BCUT2D eigenvalue weighted by Gasteiger charge is 2.32. The summed E-state index contributed by atoms with van der Waals surface area (Å²) in [7, 11) is 0.996. The molecule has 0 N–H and O–H groups in total. The van der Waals surface area contributed by atoms with E-state index in [9.17, 15) is 8.42 Å². The molecule has 1 saturated heterocycles. The van der Waals surface area contributed by atoms with Crippen molar-refractivity contribution in [2.24, 2.45) is 0 Å². The van der Waals surface area contributed by atoms with Crippen molar-refractivity contribution in [2.75, 3.05) is 34.4 Å². The Morgan fingerprint density at radius 1 is 1.06 bits per heavy atom. The molecule has 2 aromatic heterocycles. The number of sulfonamides is 1. The molecule has 1 aromatic carbocycles. The van der Waals surface area contributed by atoms with Crippen molar-refractivity contribution in [2.45, 2.75) is 30.4 Å². The van der Waals surface area contributed by atoms with Crippen molar-refractivity contribution in [3.05, 3.63) is 42.4 Å². The highest BCUT2D eigenvalue weighted by Crippen LogP contribution is 2.34. The van der Waals surface area contributed by atoms with Crippen LogP contribution in [0.4, 0.5) is 0 Å². The van der Waals surface area contributed by atoms with Crippen molar-refractivity contribution in [1.82, 2.24) is 18.8 Å². The Kier molecular flexibility index (Phi) is 6.12. The molecule has 0 spiro atoms.